The fourth-order valence-electron chi connectivity index (χ4n) is 5.79. The molecule has 40 heavy (non-hydrogen) atoms. The van der Waals surface area contributed by atoms with Gasteiger partial charge in [-0.15, -0.1) is 0 Å². The zero-order valence-electron chi connectivity index (χ0n) is 27.3. The molecule has 2 aliphatic carbocycles. The number of rotatable bonds is 10. The minimum Gasteiger partial charge on any atom is -0.0696 e. The van der Waals surface area contributed by atoms with Gasteiger partial charge < -0.3 is 0 Å². The molecule has 0 fully saturated rings. The van der Waals surface area contributed by atoms with Crippen molar-refractivity contribution in [2.75, 3.05) is 0 Å². The van der Waals surface area contributed by atoms with Gasteiger partial charge in [0.25, 0.3) is 0 Å². The van der Waals surface area contributed by atoms with E-state index in [2.05, 4.69) is 154 Å². The van der Waals surface area contributed by atoms with E-state index in [0.29, 0.717) is 10.8 Å². The van der Waals surface area contributed by atoms with E-state index in [-0.39, 0.29) is 0 Å². The second kappa shape index (κ2) is 15.8. The molecule has 0 unspecified atom stereocenters. The van der Waals surface area contributed by atoms with Crippen molar-refractivity contribution >= 4 is 0 Å². The minimum absolute atomic E-state index is 0.291. The molecule has 0 atom stereocenters. The predicted octanol–water partition coefficient (Wildman–Crippen LogP) is 12.6. The van der Waals surface area contributed by atoms with Gasteiger partial charge in [0.2, 0.25) is 0 Å². The van der Waals surface area contributed by atoms with Gasteiger partial charge in [-0.1, -0.05) is 146 Å². The lowest BCUT2D eigenvalue weighted by atomic mass is 9.72. The Kier molecular flexibility index (Phi) is 13.2. The van der Waals surface area contributed by atoms with Gasteiger partial charge >= 0.3 is 0 Å². The van der Waals surface area contributed by atoms with E-state index in [1.807, 2.05) is 0 Å². The summed E-state index contributed by atoms with van der Waals surface area (Å²) in [5.74, 6) is 0. The monoisotopic (exact) mass is 540 g/mol. The summed E-state index contributed by atoms with van der Waals surface area (Å²) in [4.78, 5) is 0. The first-order valence-corrected chi connectivity index (χ1v) is 15.3. The van der Waals surface area contributed by atoms with E-state index in [1.54, 1.807) is 11.1 Å². The molecular formula is C40H56. The van der Waals surface area contributed by atoms with Gasteiger partial charge in [0.1, 0.15) is 0 Å². The highest BCUT2D eigenvalue weighted by atomic mass is 14.7. The Morgan fingerprint density at radius 2 is 0.825 bits per heavy atom. The maximum absolute atomic E-state index is 2.37. The Labute approximate surface area is 247 Å². The van der Waals surface area contributed by atoms with E-state index in [9.17, 15) is 0 Å². The van der Waals surface area contributed by atoms with Gasteiger partial charge in [0.05, 0.1) is 0 Å². The highest BCUT2D eigenvalue weighted by Crippen LogP contribution is 2.41. The van der Waals surface area contributed by atoms with Gasteiger partial charge in [-0.25, -0.2) is 0 Å². The second-order valence-corrected chi connectivity index (χ2v) is 13.3. The summed E-state index contributed by atoms with van der Waals surface area (Å²) >= 11 is 0. The summed E-state index contributed by atoms with van der Waals surface area (Å²) in [5.41, 5.74) is 11.7. The molecule has 2 aliphatic rings. The van der Waals surface area contributed by atoms with E-state index < -0.39 is 0 Å². The van der Waals surface area contributed by atoms with Crippen LogP contribution < -0.4 is 0 Å². The Balaban J connectivity index is 1.89. The van der Waals surface area contributed by atoms with Crippen LogP contribution in [-0.2, 0) is 0 Å². The van der Waals surface area contributed by atoms with Crippen LogP contribution in [-0.4, -0.2) is 0 Å². The van der Waals surface area contributed by atoms with Crippen molar-refractivity contribution in [1.29, 1.82) is 0 Å². The van der Waals surface area contributed by atoms with E-state index >= 15 is 0 Å². The van der Waals surface area contributed by atoms with Crippen LogP contribution in [0, 0.1) is 10.8 Å². The smallest absolute Gasteiger partial charge is 0.0104 e. The molecule has 0 saturated heterocycles. The third-order valence-electron chi connectivity index (χ3n) is 8.38. The van der Waals surface area contributed by atoms with Crippen LogP contribution in [0.5, 0.6) is 0 Å². The van der Waals surface area contributed by atoms with Crippen molar-refractivity contribution in [3.8, 4) is 0 Å². The Morgan fingerprint density at radius 3 is 1.18 bits per heavy atom. The third-order valence-corrected chi connectivity index (χ3v) is 8.38. The third kappa shape index (κ3) is 11.3. The summed E-state index contributed by atoms with van der Waals surface area (Å²) in [5, 5.41) is 0. The molecule has 0 saturated carbocycles. The van der Waals surface area contributed by atoms with Crippen LogP contribution in [0.3, 0.4) is 0 Å². The lowest BCUT2D eigenvalue weighted by Crippen LogP contribution is -2.19. The van der Waals surface area contributed by atoms with Gasteiger partial charge in [0, 0.05) is 0 Å². The van der Waals surface area contributed by atoms with Gasteiger partial charge in [-0.2, -0.15) is 0 Å². The molecule has 0 N–H and O–H groups in total. The average Bonchev–Trinajstić information content (AvgIpc) is 2.85. The van der Waals surface area contributed by atoms with Gasteiger partial charge in [0.15, 0.2) is 0 Å². The topological polar surface area (TPSA) is 0 Å². The molecule has 0 nitrogen and oxygen atoms in total. The molecule has 0 heteroatoms. The zero-order chi connectivity index (χ0) is 29.8. The standard InChI is InChI=1S/C40H56/c1-31(19-13-21-33(3)25-27-37-35(5)23-15-29-39(37,7)8)17-11-12-18-32(2)20-14-22-34(4)26-28-38-36(6)24-16-30-40(38,9)10/h11-14,17-22,25-28H,15-16,23-24,29-30H2,1-10H3/b12-11+,19-13+,20-14+,27-25+,28-26+,31-17+,32-18+,33-21+,34-22+/i21+1,25+1,27+1,33+1. The normalized spacial score (nSPS) is 21.9. The van der Waals surface area contributed by atoms with Crippen molar-refractivity contribution in [2.45, 2.75) is 108 Å². The first kappa shape index (κ1) is 33.3. The maximum Gasteiger partial charge on any atom is -0.0104 e. The molecule has 0 heterocycles. The summed E-state index contributed by atoms with van der Waals surface area (Å²) in [6, 6.07) is 0. The van der Waals surface area contributed by atoms with Crippen molar-refractivity contribution in [3.63, 3.8) is 0 Å². The van der Waals surface area contributed by atoms with Crippen molar-refractivity contribution in [3.05, 3.63) is 130 Å². The van der Waals surface area contributed by atoms with Crippen LogP contribution in [0.25, 0.3) is 0 Å². The fraction of sp³-hybridized carbons (Fsp3) is 0.450. The lowest BCUT2D eigenvalue weighted by molar-refractivity contribution is 0.376. The van der Waals surface area contributed by atoms with Gasteiger partial charge in [-0.05, 0) is 102 Å². The molecule has 2 rings (SSSR count). The second-order valence-electron chi connectivity index (χ2n) is 13.3. The summed E-state index contributed by atoms with van der Waals surface area (Å²) in [6.07, 6.45) is 38.4. The van der Waals surface area contributed by atoms with Crippen LogP contribution in [0.4, 0.5) is 0 Å². The number of hydrogen-bond acceptors (Lipinski definition) is 0. The molecule has 0 bridgehead atoms. The number of allylic oxidation sites excluding steroid dienone is 22. The molecule has 0 aromatic carbocycles. The summed E-state index contributed by atoms with van der Waals surface area (Å²) < 4.78 is 0. The Bertz CT molecular complexity index is 1120. The zero-order valence-corrected chi connectivity index (χ0v) is 27.3. The van der Waals surface area contributed by atoms with Crippen LogP contribution in [0.2, 0.25) is 0 Å². The molecular weight excluding hydrogens is 484 g/mol. The van der Waals surface area contributed by atoms with Crippen molar-refractivity contribution in [1.82, 2.24) is 0 Å². The first-order chi connectivity index (χ1) is 18.8. The Hall–Kier alpha value is -2.86. The van der Waals surface area contributed by atoms with E-state index in [0.717, 1.165) is 0 Å². The Morgan fingerprint density at radius 1 is 0.500 bits per heavy atom. The maximum atomic E-state index is 2.37. The fourth-order valence-corrected chi connectivity index (χ4v) is 5.79. The van der Waals surface area contributed by atoms with E-state index in [1.165, 1.54) is 72.0 Å². The molecule has 0 amide bonds. The van der Waals surface area contributed by atoms with Crippen molar-refractivity contribution in [2.24, 2.45) is 10.8 Å². The molecule has 0 spiro atoms. The predicted molar refractivity (Wildman–Crippen MR) is 181 cm³/mol. The van der Waals surface area contributed by atoms with E-state index in [4.69, 9.17) is 0 Å². The molecule has 0 aromatic rings. The van der Waals surface area contributed by atoms with Crippen LogP contribution in [0.1, 0.15) is 108 Å². The van der Waals surface area contributed by atoms with Crippen LogP contribution >= 0.6 is 0 Å². The van der Waals surface area contributed by atoms with Gasteiger partial charge in [-0.3, -0.25) is 0 Å². The highest BCUT2D eigenvalue weighted by molar-refractivity contribution is 5.39. The number of hydrogen-bond donors (Lipinski definition) is 0. The summed E-state index contributed by atoms with van der Waals surface area (Å²) in [7, 11) is 0. The van der Waals surface area contributed by atoms with Crippen molar-refractivity contribution < 1.29 is 0 Å². The molecule has 0 aromatic heterocycles. The SMILES string of the molecule is CC1=C(/C=C/C(C)=C/C=C/C(C)=C/C=C/C=C(C)/C=C/[13CH]=[13C](C)/[13CH]=[13CH]/C2=C(C)CCCC2(C)C)C(C)(C)CCC1. The quantitative estimate of drug-likeness (QED) is 0.191. The lowest BCUT2D eigenvalue weighted by Gasteiger charge is -2.33. The minimum atomic E-state index is 0.291. The molecule has 216 valence electrons. The highest BCUT2D eigenvalue weighted by Gasteiger charge is 2.27. The molecule has 0 aliphatic heterocycles. The average molecular weight is 541 g/mol. The first-order valence-electron chi connectivity index (χ1n) is 15.3. The van der Waals surface area contributed by atoms with Crippen LogP contribution in [0.15, 0.2) is 130 Å². The molecule has 0 radical (unpaired) electrons. The largest absolute Gasteiger partial charge is 0.0696 e. The summed E-state index contributed by atoms with van der Waals surface area (Å²) in [6.45, 7) is 22.7.